The van der Waals surface area contributed by atoms with Crippen LogP contribution in [0.1, 0.15) is 11.1 Å². The number of hydrogen-bond donors (Lipinski definition) is 0. The van der Waals surface area contributed by atoms with E-state index in [-0.39, 0.29) is 0 Å². The Balaban J connectivity index is 0.788. The van der Waals surface area contributed by atoms with Crippen molar-refractivity contribution in [2.75, 3.05) is 0 Å². The van der Waals surface area contributed by atoms with E-state index in [9.17, 15) is 0 Å². The highest BCUT2D eigenvalue weighted by atomic mass is 15.0. The standard InChI is InChI=1S/C64H42N2/c1-3-17-53(18-4-1)65-59-23-9-7-21-55(59)57-39-45(29-31-61(57)65)41-13-11-15-43(33-41)51-35-47-25-27-49-37-52(38-50-28-26-48(36-51)63(47)64(49)50)44-16-12-14-42(34-44)46-30-32-62-58(40-46)56-22-8-10-24-60(56)66(62)54-19-5-2-6-20-54/h1-40,63-64H. The first-order valence-corrected chi connectivity index (χ1v) is 23.1. The van der Waals surface area contributed by atoms with Gasteiger partial charge in [-0.15, -0.1) is 0 Å². The van der Waals surface area contributed by atoms with Crippen molar-refractivity contribution in [2.45, 2.75) is 0 Å². The summed E-state index contributed by atoms with van der Waals surface area (Å²) in [4.78, 5) is 0. The molecule has 0 aliphatic heterocycles. The van der Waals surface area contributed by atoms with Crippen molar-refractivity contribution in [3.8, 4) is 33.6 Å². The normalized spacial score (nSPS) is 17.3. The average molecular weight is 839 g/mol. The second kappa shape index (κ2) is 14.5. The van der Waals surface area contributed by atoms with E-state index in [0.717, 1.165) is 0 Å². The Labute approximate surface area is 383 Å². The van der Waals surface area contributed by atoms with Crippen LogP contribution in [0.3, 0.4) is 0 Å². The van der Waals surface area contributed by atoms with E-state index < -0.39 is 0 Å². The maximum Gasteiger partial charge on any atom is 0.0541 e. The molecule has 308 valence electrons. The summed E-state index contributed by atoms with van der Waals surface area (Å²) in [5, 5.41) is 5.07. The highest BCUT2D eigenvalue weighted by Gasteiger charge is 2.38. The minimum Gasteiger partial charge on any atom is -0.309 e. The largest absolute Gasteiger partial charge is 0.309 e. The van der Waals surface area contributed by atoms with Crippen molar-refractivity contribution < 1.29 is 0 Å². The summed E-state index contributed by atoms with van der Waals surface area (Å²) in [6, 6.07) is 71.0. The molecule has 14 rings (SSSR count). The predicted molar refractivity (Wildman–Crippen MR) is 277 cm³/mol. The van der Waals surface area contributed by atoms with Crippen LogP contribution in [0.4, 0.5) is 0 Å². The molecular formula is C64H42N2. The number of allylic oxidation sites excluding steroid dienone is 14. The van der Waals surface area contributed by atoms with E-state index in [0.29, 0.717) is 11.8 Å². The molecule has 10 aromatic rings. The van der Waals surface area contributed by atoms with E-state index in [1.807, 2.05) is 0 Å². The predicted octanol–water partition coefficient (Wildman–Crippen LogP) is 16.2. The quantitative estimate of drug-likeness (QED) is 0.158. The molecular weight excluding hydrogens is 797 g/mol. The molecule has 0 fully saturated rings. The summed E-state index contributed by atoms with van der Waals surface area (Å²) in [7, 11) is 0. The number of hydrogen-bond acceptors (Lipinski definition) is 0. The zero-order chi connectivity index (χ0) is 43.3. The van der Waals surface area contributed by atoms with Crippen LogP contribution >= 0.6 is 0 Å². The first kappa shape index (κ1) is 37.0. The van der Waals surface area contributed by atoms with Crippen LogP contribution in [0.25, 0.3) is 88.4 Å². The Morgan fingerprint density at radius 1 is 0.273 bits per heavy atom. The van der Waals surface area contributed by atoms with E-state index >= 15 is 0 Å². The molecule has 0 bridgehead atoms. The van der Waals surface area contributed by atoms with Gasteiger partial charge in [0, 0.05) is 44.8 Å². The molecule has 8 aromatic carbocycles. The highest BCUT2D eigenvalue weighted by molar-refractivity contribution is 6.11. The van der Waals surface area contributed by atoms with Gasteiger partial charge in [-0.2, -0.15) is 0 Å². The van der Waals surface area contributed by atoms with Crippen molar-refractivity contribution in [1.29, 1.82) is 0 Å². The molecule has 4 aliphatic rings. The second-order valence-corrected chi connectivity index (χ2v) is 18.1. The monoisotopic (exact) mass is 838 g/mol. The van der Waals surface area contributed by atoms with Gasteiger partial charge in [0.25, 0.3) is 0 Å². The number of benzene rings is 8. The molecule has 66 heavy (non-hydrogen) atoms. The van der Waals surface area contributed by atoms with Crippen molar-refractivity contribution in [3.05, 3.63) is 276 Å². The Morgan fingerprint density at radius 2 is 0.667 bits per heavy atom. The number of rotatable bonds is 6. The Morgan fingerprint density at radius 3 is 1.14 bits per heavy atom. The van der Waals surface area contributed by atoms with E-state index in [2.05, 4.69) is 252 Å². The third kappa shape index (κ3) is 5.75. The minimum absolute atomic E-state index is 0.311. The molecule has 0 spiro atoms. The number of fused-ring (bicyclic) bond motifs is 6. The zero-order valence-corrected chi connectivity index (χ0v) is 36.1. The van der Waals surface area contributed by atoms with Crippen molar-refractivity contribution in [1.82, 2.24) is 9.13 Å². The molecule has 2 aromatic heterocycles. The lowest BCUT2D eigenvalue weighted by molar-refractivity contribution is 0.566. The van der Waals surface area contributed by atoms with Gasteiger partial charge >= 0.3 is 0 Å². The van der Waals surface area contributed by atoms with Gasteiger partial charge in [0.2, 0.25) is 0 Å². The molecule has 0 radical (unpaired) electrons. The van der Waals surface area contributed by atoms with Crippen molar-refractivity contribution in [3.63, 3.8) is 0 Å². The third-order valence-electron chi connectivity index (χ3n) is 14.4. The van der Waals surface area contributed by atoms with Crippen LogP contribution in [0.15, 0.2) is 265 Å². The van der Waals surface area contributed by atoms with Crippen LogP contribution in [-0.4, -0.2) is 9.13 Å². The maximum atomic E-state index is 2.44. The van der Waals surface area contributed by atoms with Crippen LogP contribution in [0.5, 0.6) is 0 Å². The van der Waals surface area contributed by atoms with Crippen molar-refractivity contribution in [2.24, 2.45) is 11.8 Å². The lowest BCUT2D eigenvalue weighted by Crippen LogP contribution is -2.29. The summed E-state index contributed by atoms with van der Waals surface area (Å²) in [6.45, 7) is 0. The summed E-state index contributed by atoms with van der Waals surface area (Å²) >= 11 is 0. The van der Waals surface area contributed by atoms with Gasteiger partial charge in [0.1, 0.15) is 0 Å². The van der Waals surface area contributed by atoms with E-state index in [1.54, 1.807) is 0 Å². The van der Waals surface area contributed by atoms with Crippen LogP contribution < -0.4 is 0 Å². The van der Waals surface area contributed by atoms with Gasteiger partial charge in [0.05, 0.1) is 22.1 Å². The molecule has 0 saturated heterocycles. The van der Waals surface area contributed by atoms with E-state index in [1.165, 1.54) is 122 Å². The fourth-order valence-corrected chi connectivity index (χ4v) is 11.4. The molecule has 0 saturated carbocycles. The summed E-state index contributed by atoms with van der Waals surface area (Å²) in [5.74, 6) is 0.623. The molecule has 2 unspecified atom stereocenters. The maximum absolute atomic E-state index is 2.44. The zero-order valence-electron chi connectivity index (χ0n) is 36.1. The van der Waals surface area contributed by atoms with Gasteiger partial charge in [-0.25, -0.2) is 0 Å². The molecule has 4 aliphatic carbocycles. The molecule has 0 amide bonds. The average Bonchev–Trinajstić information content (AvgIpc) is 3.90. The number of aromatic nitrogens is 2. The SMILES string of the molecule is C1=CC2=CC(c3cccc(-c4ccc5c(c4)c4ccccc4n5-c4ccccc4)c3)=CC3=CC=C4C=C(c5cccc(-c6ccc7c(c6)c6ccccc6n7-c6ccccc6)c5)C=C1C4C32. The fourth-order valence-electron chi connectivity index (χ4n) is 11.4. The minimum atomic E-state index is 0.311. The van der Waals surface area contributed by atoms with Crippen LogP contribution in [0.2, 0.25) is 0 Å². The molecule has 2 nitrogen and oxygen atoms in total. The first-order chi connectivity index (χ1) is 32.7. The summed E-state index contributed by atoms with van der Waals surface area (Å²) in [6.07, 6.45) is 19.2. The van der Waals surface area contributed by atoms with Gasteiger partial charge in [-0.1, -0.05) is 170 Å². The van der Waals surface area contributed by atoms with Gasteiger partial charge in [-0.3, -0.25) is 0 Å². The van der Waals surface area contributed by atoms with Crippen molar-refractivity contribution >= 4 is 54.8 Å². The summed E-state index contributed by atoms with van der Waals surface area (Å²) < 4.78 is 4.76. The van der Waals surface area contributed by atoms with Gasteiger partial charge in [-0.05, 0) is 140 Å². The fraction of sp³-hybridized carbons (Fsp3) is 0.0312. The number of para-hydroxylation sites is 4. The van der Waals surface area contributed by atoms with Gasteiger partial charge in [0.15, 0.2) is 0 Å². The molecule has 2 heteroatoms. The molecule has 2 heterocycles. The van der Waals surface area contributed by atoms with Crippen LogP contribution in [-0.2, 0) is 0 Å². The third-order valence-corrected chi connectivity index (χ3v) is 14.4. The second-order valence-electron chi connectivity index (χ2n) is 18.1. The van der Waals surface area contributed by atoms with E-state index in [4.69, 9.17) is 0 Å². The number of nitrogens with zero attached hydrogens (tertiary/aromatic N) is 2. The van der Waals surface area contributed by atoms with Gasteiger partial charge < -0.3 is 9.13 Å². The highest BCUT2D eigenvalue weighted by Crippen LogP contribution is 2.52. The summed E-state index contributed by atoms with van der Waals surface area (Å²) in [5.41, 5.74) is 22.7. The Hall–Kier alpha value is -8.46. The lowest BCUT2D eigenvalue weighted by atomic mass is 9.63. The Kier molecular flexibility index (Phi) is 8.14. The smallest absolute Gasteiger partial charge is 0.0541 e. The molecule has 2 atom stereocenters. The van der Waals surface area contributed by atoms with Crippen LogP contribution in [0, 0.1) is 11.8 Å². The lowest BCUT2D eigenvalue weighted by Gasteiger charge is -2.40. The molecule has 0 N–H and O–H groups in total. The Bertz CT molecular complexity index is 3650. The topological polar surface area (TPSA) is 9.86 Å². The first-order valence-electron chi connectivity index (χ1n) is 23.1.